The first-order valence-electron chi connectivity index (χ1n) is 6.42. The summed E-state index contributed by atoms with van der Waals surface area (Å²) in [5.74, 6) is -3.18. The largest absolute Gasteiger partial charge is 0.504 e. The summed E-state index contributed by atoms with van der Waals surface area (Å²) in [6.07, 6.45) is 0. The Hall–Kier alpha value is -2.75. The Morgan fingerprint density at radius 3 is 2.10 bits per heavy atom. The van der Waals surface area contributed by atoms with Crippen molar-refractivity contribution in [3.8, 4) is 0 Å². The third-order valence-electron chi connectivity index (χ3n) is 3.51. The van der Waals surface area contributed by atoms with Gasteiger partial charge >= 0.3 is 0 Å². The van der Waals surface area contributed by atoms with Crippen LogP contribution in [0.4, 0.5) is 4.39 Å². The van der Waals surface area contributed by atoms with E-state index in [2.05, 4.69) is 0 Å². The van der Waals surface area contributed by atoms with Crippen molar-refractivity contribution in [2.24, 2.45) is 0 Å². The normalized spacial score (nSPS) is 18.4. The maximum absolute atomic E-state index is 13.0. The lowest BCUT2D eigenvalue weighted by Gasteiger charge is -2.08. The second-order valence-corrected chi connectivity index (χ2v) is 4.80. The zero-order valence-corrected chi connectivity index (χ0v) is 10.9. The molecule has 0 saturated carbocycles. The summed E-state index contributed by atoms with van der Waals surface area (Å²) in [4.78, 5) is 24.6. The number of hydrogen-bond acceptors (Lipinski definition) is 3. The van der Waals surface area contributed by atoms with Gasteiger partial charge in [0.25, 0.3) is 0 Å². The molecule has 2 aromatic carbocycles. The van der Waals surface area contributed by atoms with E-state index in [-0.39, 0.29) is 5.57 Å². The molecule has 104 valence electrons. The van der Waals surface area contributed by atoms with Gasteiger partial charge < -0.3 is 5.11 Å². The highest BCUT2D eigenvalue weighted by Crippen LogP contribution is 2.36. The van der Waals surface area contributed by atoms with Gasteiger partial charge in [0.2, 0.25) is 5.78 Å². The number of halogens is 1. The summed E-state index contributed by atoms with van der Waals surface area (Å²) in [6.45, 7) is 0. The number of aliphatic hydroxyl groups is 1. The van der Waals surface area contributed by atoms with Crippen molar-refractivity contribution in [2.45, 2.75) is 5.92 Å². The van der Waals surface area contributed by atoms with Crippen LogP contribution in [0.3, 0.4) is 0 Å². The second kappa shape index (κ2) is 4.98. The van der Waals surface area contributed by atoms with Gasteiger partial charge in [0, 0.05) is 0 Å². The number of rotatable bonds is 2. The maximum Gasteiger partial charge on any atom is 0.213 e. The number of carbonyl (C=O) groups excluding carboxylic acids is 2. The van der Waals surface area contributed by atoms with Gasteiger partial charge in [-0.25, -0.2) is 4.39 Å². The highest BCUT2D eigenvalue weighted by molar-refractivity contribution is 6.41. The highest BCUT2D eigenvalue weighted by Gasteiger charge is 2.42. The van der Waals surface area contributed by atoms with Gasteiger partial charge in [-0.3, -0.25) is 9.59 Å². The molecule has 2 aromatic rings. The molecule has 4 heteroatoms. The van der Waals surface area contributed by atoms with Crippen LogP contribution in [0, 0.1) is 5.82 Å². The van der Waals surface area contributed by atoms with Crippen molar-refractivity contribution in [2.75, 3.05) is 0 Å². The SMILES string of the molecule is O=C1C(O)=C(c2ccccc2)C(=O)C1c1ccc(F)cc1. The van der Waals surface area contributed by atoms with Crippen LogP contribution in [0.25, 0.3) is 5.57 Å². The Labute approximate surface area is 120 Å². The molecule has 0 heterocycles. The molecule has 0 aliphatic heterocycles. The summed E-state index contributed by atoms with van der Waals surface area (Å²) in [5, 5.41) is 10.0. The number of carbonyl (C=O) groups is 2. The van der Waals surface area contributed by atoms with Gasteiger partial charge in [-0.15, -0.1) is 0 Å². The molecule has 1 aliphatic rings. The first-order chi connectivity index (χ1) is 10.1. The molecule has 0 bridgehead atoms. The molecule has 1 atom stereocenters. The molecule has 0 amide bonds. The first-order valence-corrected chi connectivity index (χ1v) is 6.42. The first kappa shape index (κ1) is 13.2. The third-order valence-corrected chi connectivity index (χ3v) is 3.51. The molecular weight excluding hydrogens is 271 g/mol. The molecule has 1 unspecified atom stereocenters. The standard InChI is InChI=1S/C17H11FO3/c18-12-8-6-11(7-9-12)14-15(19)13(16(20)17(14)21)10-4-2-1-3-5-10/h1-9,14,20H. The molecule has 3 nitrogen and oxygen atoms in total. The fourth-order valence-corrected chi connectivity index (χ4v) is 2.48. The predicted molar refractivity (Wildman–Crippen MR) is 75.1 cm³/mol. The fourth-order valence-electron chi connectivity index (χ4n) is 2.48. The summed E-state index contributed by atoms with van der Waals surface area (Å²) in [7, 11) is 0. The van der Waals surface area contributed by atoms with E-state index in [0.717, 1.165) is 0 Å². The zero-order chi connectivity index (χ0) is 15.0. The van der Waals surface area contributed by atoms with Crippen molar-refractivity contribution in [3.05, 3.63) is 77.3 Å². The van der Waals surface area contributed by atoms with Crippen LogP contribution in [-0.2, 0) is 9.59 Å². The van der Waals surface area contributed by atoms with Crippen molar-refractivity contribution in [1.82, 2.24) is 0 Å². The molecule has 3 rings (SSSR count). The smallest absolute Gasteiger partial charge is 0.213 e. The van der Waals surface area contributed by atoms with Gasteiger partial charge in [-0.2, -0.15) is 0 Å². The molecule has 0 aromatic heterocycles. The Morgan fingerprint density at radius 1 is 0.857 bits per heavy atom. The van der Waals surface area contributed by atoms with Gasteiger partial charge in [-0.1, -0.05) is 42.5 Å². The average Bonchev–Trinajstić information content (AvgIpc) is 2.72. The minimum absolute atomic E-state index is 0.0231. The number of hydrogen-bond donors (Lipinski definition) is 1. The van der Waals surface area contributed by atoms with Crippen molar-refractivity contribution >= 4 is 17.1 Å². The molecular formula is C17H11FO3. The Balaban J connectivity index is 2.04. The number of ketones is 2. The van der Waals surface area contributed by atoms with E-state index in [1.54, 1.807) is 30.3 Å². The lowest BCUT2D eigenvalue weighted by Crippen LogP contribution is -2.15. The molecule has 0 spiro atoms. The van der Waals surface area contributed by atoms with E-state index in [1.165, 1.54) is 24.3 Å². The Morgan fingerprint density at radius 2 is 1.48 bits per heavy atom. The Bertz CT molecular complexity index is 745. The predicted octanol–water partition coefficient (Wildman–Crippen LogP) is 3.03. The van der Waals surface area contributed by atoms with E-state index >= 15 is 0 Å². The minimum atomic E-state index is -1.10. The van der Waals surface area contributed by atoms with Gasteiger partial charge in [0.1, 0.15) is 11.7 Å². The summed E-state index contributed by atoms with van der Waals surface area (Å²) in [5.41, 5.74) is 0.900. The van der Waals surface area contributed by atoms with Crippen LogP contribution < -0.4 is 0 Å². The summed E-state index contributed by atoms with van der Waals surface area (Å²) >= 11 is 0. The lowest BCUT2D eigenvalue weighted by molar-refractivity contribution is -0.123. The molecule has 0 radical (unpaired) electrons. The van der Waals surface area contributed by atoms with Gasteiger partial charge in [0.05, 0.1) is 5.57 Å². The number of Topliss-reactive ketones (excluding diaryl/α,β-unsaturated/α-hetero) is 2. The second-order valence-electron chi connectivity index (χ2n) is 4.80. The Kier molecular flexibility index (Phi) is 3.14. The van der Waals surface area contributed by atoms with Crippen molar-refractivity contribution in [1.29, 1.82) is 0 Å². The van der Waals surface area contributed by atoms with Gasteiger partial charge in [-0.05, 0) is 23.3 Å². The van der Waals surface area contributed by atoms with E-state index in [9.17, 15) is 19.1 Å². The van der Waals surface area contributed by atoms with Crippen LogP contribution in [0.2, 0.25) is 0 Å². The van der Waals surface area contributed by atoms with Gasteiger partial charge in [0.15, 0.2) is 11.5 Å². The van der Waals surface area contributed by atoms with Crippen molar-refractivity contribution < 1.29 is 19.1 Å². The fraction of sp³-hybridized carbons (Fsp3) is 0.0588. The third kappa shape index (κ3) is 2.14. The average molecular weight is 282 g/mol. The molecule has 1 N–H and O–H groups in total. The molecule has 0 saturated heterocycles. The number of aliphatic hydroxyl groups excluding tert-OH is 1. The number of benzene rings is 2. The monoisotopic (exact) mass is 282 g/mol. The topological polar surface area (TPSA) is 54.4 Å². The van der Waals surface area contributed by atoms with E-state index < -0.39 is 29.1 Å². The zero-order valence-electron chi connectivity index (χ0n) is 10.9. The van der Waals surface area contributed by atoms with Crippen LogP contribution >= 0.6 is 0 Å². The van der Waals surface area contributed by atoms with Crippen LogP contribution in [-0.4, -0.2) is 16.7 Å². The molecule has 1 aliphatic carbocycles. The maximum atomic E-state index is 13.0. The quantitative estimate of drug-likeness (QED) is 0.861. The summed E-state index contributed by atoms with van der Waals surface area (Å²) < 4.78 is 13.0. The van der Waals surface area contributed by atoms with E-state index in [0.29, 0.717) is 11.1 Å². The van der Waals surface area contributed by atoms with Crippen LogP contribution in [0.1, 0.15) is 17.0 Å². The van der Waals surface area contributed by atoms with E-state index in [4.69, 9.17) is 0 Å². The highest BCUT2D eigenvalue weighted by atomic mass is 19.1. The minimum Gasteiger partial charge on any atom is -0.504 e. The van der Waals surface area contributed by atoms with E-state index in [1.807, 2.05) is 0 Å². The van der Waals surface area contributed by atoms with Crippen LogP contribution in [0.15, 0.2) is 60.4 Å². The number of allylic oxidation sites excluding steroid dienone is 2. The van der Waals surface area contributed by atoms with Crippen LogP contribution in [0.5, 0.6) is 0 Å². The summed E-state index contributed by atoms with van der Waals surface area (Å²) in [6, 6.07) is 13.7. The van der Waals surface area contributed by atoms with Crippen molar-refractivity contribution in [3.63, 3.8) is 0 Å². The molecule has 0 fully saturated rings. The lowest BCUT2D eigenvalue weighted by atomic mass is 9.92. The molecule has 21 heavy (non-hydrogen) atoms.